The van der Waals surface area contributed by atoms with Gasteiger partial charge in [-0.1, -0.05) is 240 Å². The average molecular weight is 1730 g/mol. The van der Waals surface area contributed by atoms with E-state index < -0.39 is 0 Å². The Morgan fingerprint density at radius 2 is 0.333 bits per heavy atom. The maximum absolute atomic E-state index is 7.31. The van der Waals surface area contributed by atoms with Gasteiger partial charge in [-0.05, 0) is 152 Å². The van der Waals surface area contributed by atoms with Gasteiger partial charge in [0, 0.05) is 39.2 Å². The Kier molecular flexibility index (Phi) is 25.7. The van der Waals surface area contributed by atoms with E-state index in [9.17, 15) is 0 Å². The lowest BCUT2D eigenvalue weighted by Crippen LogP contribution is -2.04. The molecule has 17 rings (SSSR count). The maximum atomic E-state index is 7.31. The van der Waals surface area contributed by atoms with Gasteiger partial charge >= 0.3 is 0 Å². The summed E-state index contributed by atoms with van der Waals surface area (Å²) in [4.78, 5) is 57.7. The normalized spacial score (nSPS) is 11.5. The van der Waals surface area contributed by atoms with E-state index >= 15 is 0 Å². The van der Waals surface area contributed by atoms with Crippen LogP contribution in [0.15, 0.2) is 321 Å². The van der Waals surface area contributed by atoms with Crippen molar-refractivity contribution in [2.45, 2.75) is 134 Å². The van der Waals surface area contributed by atoms with E-state index in [2.05, 4.69) is 107 Å². The zero-order valence-electron chi connectivity index (χ0n) is 67.0. The van der Waals surface area contributed by atoms with Crippen LogP contribution < -0.4 is 37.9 Å². The third-order valence-corrected chi connectivity index (χ3v) is 28.2. The third-order valence-electron chi connectivity index (χ3n) is 18.9. The van der Waals surface area contributed by atoms with Gasteiger partial charge in [0.2, 0.25) is 0 Å². The fourth-order valence-corrected chi connectivity index (χ4v) is 23.0. The molecule has 602 valence electrons. The topological polar surface area (TPSA) is 183 Å². The summed E-state index contributed by atoms with van der Waals surface area (Å²) >= 11 is 12.7. The van der Waals surface area contributed by atoms with Crippen LogP contribution in [0.2, 0.25) is 0 Å². The van der Waals surface area contributed by atoms with Crippen molar-refractivity contribution in [3.8, 4) is 91.5 Å². The lowest BCUT2D eigenvalue weighted by atomic mass is 10.1. The van der Waals surface area contributed by atoms with Gasteiger partial charge in [0.1, 0.15) is 68.6 Å². The lowest BCUT2D eigenvalue weighted by Gasteiger charge is -2.22. The molecule has 2 N–H and O–H groups in total. The minimum atomic E-state index is 0.245. The molecule has 0 saturated heterocycles. The SMILES string of the molecule is CCOc1c(Sc2ccccc2)c(Sc2ccccc2)c(OCC)c2c1-c1nc-2nc2[nH]c(nc3nc(nc4[nH]c(n1)c1c(OCC)c(Sc5ccccc5)c(Sc5ccccc5)c(OCC)c41)-c1c(OCC)c(Sc4ccccc4)c(Sc4ccccc4)c(OCC)c1-3)c1c(OCC)c(Sc3ccccc3)c(Sc3ccccc3)c(OCC)c21. The molecule has 0 amide bonds. The molecule has 16 nitrogen and oxygen atoms in total. The van der Waals surface area contributed by atoms with E-state index in [1.54, 1.807) is 94.1 Å². The Hall–Kier alpha value is -10.8. The Morgan fingerprint density at radius 3 is 0.483 bits per heavy atom. The molecule has 0 atom stereocenters. The number of fused-ring (bicyclic) bond motifs is 20. The van der Waals surface area contributed by atoms with Gasteiger partial charge < -0.3 is 47.9 Å². The molecule has 12 aromatic carbocycles. The monoisotopic (exact) mass is 1730 g/mol. The molecule has 0 spiro atoms. The number of nitrogens with one attached hydrogen (secondary N) is 2. The van der Waals surface area contributed by atoms with E-state index in [1.807, 2.05) is 201 Å². The van der Waals surface area contributed by atoms with E-state index in [1.165, 1.54) is 0 Å². The van der Waals surface area contributed by atoms with Crippen molar-refractivity contribution >= 4 is 138 Å². The van der Waals surface area contributed by atoms with Gasteiger partial charge in [-0.3, -0.25) is 0 Å². The van der Waals surface area contributed by atoms with Crippen molar-refractivity contribution in [1.29, 1.82) is 0 Å². The summed E-state index contributed by atoms with van der Waals surface area (Å²) in [6.07, 6.45) is 0. The summed E-state index contributed by atoms with van der Waals surface area (Å²) in [6, 6.07) is 82.6. The molecule has 2 aliphatic heterocycles. The third kappa shape index (κ3) is 16.7. The smallest absolute Gasteiger partial charge is 0.168 e. The quantitative estimate of drug-likeness (QED) is 0.0406. The van der Waals surface area contributed by atoms with Crippen molar-refractivity contribution in [3.05, 3.63) is 243 Å². The van der Waals surface area contributed by atoms with Crippen LogP contribution >= 0.6 is 94.1 Å². The zero-order chi connectivity index (χ0) is 82.0. The largest absolute Gasteiger partial charge is 0.492 e. The predicted octanol–water partition coefficient (Wildman–Crippen LogP) is 27.3. The van der Waals surface area contributed by atoms with Crippen molar-refractivity contribution in [2.75, 3.05) is 52.9 Å². The summed E-state index contributed by atoms with van der Waals surface area (Å²) in [5.74, 6) is 5.17. The molecule has 0 aliphatic carbocycles. The van der Waals surface area contributed by atoms with Gasteiger partial charge in [0.05, 0.1) is 136 Å². The summed E-state index contributed by atoms with van der Waals surface area (Å²) in [5, 5.41) is 2.25. The molecule has 15 aromatic rings. The van der Waals surface area contributed by atoms with Crippen molar-refractivity contribution in [2.24, 2.45) is 0 Å². The standard InChI is InChI=1S/C96H82N8O8S8/c1-9-105-73-65-66(74(106-10-2)82(114-58-43-27-18-28-44-58)81(73)113-57-41-25-17-26-42-57)90-97-89(65)101-91-67-68(76(108-12-4)84(116-60-47-31-20-32-48-60)83(75(67)107-11-3)115-59-45-29-19-30-46-59)93(98-91)103-95-71-72(80(112-16-8)88(120-64-55-39-24-40-56-64)87(79(71)111-15-7)119-63-53-37-23-38-54-63)96(100-95)104-94-70-69(92(99-94)102-90)77(109-13-5)85(117-61-49-33-21-34-50-61)86(78(70)110-14-6)118-62-51-35-22-36-52-62/h17-56H,9-16H2,1-8H3,(H2,97,98,99,100,101,102,103,104). The number of H-pyrrole nitrogens is 2. The number of benzene rings is 12. The van der Waals surface area contributed by atoms with Gasteiger partial charge in [-0.2, -0.15) is 0 Å². The van der Waals surface area contributed by atoms with Crippen LogP contribution in [0, 0.1) is 0 Å². The molecule has 3 aromatic heterocycles. The minimum absolute atomic E-state index is 0.245. The molecule has 0 unspecified atom stereocenters. The van der Waals surface area contributed by atoms with Gasteiger partial charge in [-0.25, -0.2) is 29.9 Å². The number of hydrogen-bond acceptors (Lipinski definition) is 22. The number of ether oxygens (including phenoxy) is 8. The number of aromatic amines is 2. The van der Waals surface area contributed by atoms with Crippen LogP contribution in [0.1, 0.15) is 55.4 Å². The Bertz CT molecular complexity index is 5650. The van der Waals surface area contributed by atoms with Crippen LogP contribution in [0.3, 0.4) is 0 Å². The van der Waals surface area contributed by atoms with Gasteiger partial charge in [0.15, 0.2) is 23.3 Å². The molecule has 5 heterocycles. The highest BCUT2D eigenvalue weighted by Gasteiger charge is 2.40. The highest BCUT2D eigenvalue weighted by atomic mass is 32.2. The van der Waals surface area contributed by atoms with E-state index in [-0.39, 0.29) is 76.2 Å². The number of hydrogen-bond donors (Lipinski definition) is 2. The second-order valence-electron chi connectivity index (χ2n) is 26.7. The molecule has 8 bridgehead atoms. The lowest BCUT2D eigenvalue weighted by molar-refractivity contribution is 0.318. The second-order valence-corrected chi connectivity index (χ2v) is 35.3. The van der Waals surface area contributed by atoms with E-state index in [0.717, 1.165) is 78.3 Å². The van der Waals surface area contributed by atoms with Crippen molar-refractivity contribution in [3.63, 3.8) is 0 Å². The molecule has 120 heavy (non-hydrogen) atoms. The highest BCUT2D eigenvalue weighted by molar-refractivity contribution is 8.04. The summed E-state index contributed by atoms with van der Waals surface area (Å²) in [5.41, 5.74) is 3.47. The first-order valence-corrected chi connectivity index (χ1v) is 46.4. The first-order chi connectivity index (χ1) is 59.2. The Labute approximate surface area is 730 Å². The molecule has 24 heteroatoms. The molecule has 0 fully saturated rings. The predicted molar refractivity (Wildman–Crippen MR) is 490 cm³/mol. The van der Waals surface area contributed by atoms with Gasteiger partial charge in [0.25, 0.3) is 0 Å². The molecular formula is C96H82N8O8S8. The van der Waals surface area contributed by atoms with Crippen LogP contribution in [-0.4, -0.2) is 92.7 Å². The highest BCUT2D eigenvalue weighted by Crippen LogP contribution is 2.63. The van der Waals surface area contributed by atoms with Crippen LogP contribution in [0.5, 0.6) is 46.0 Å². The molecule has 2 aliphatic rings. The average Bonchev–Trinajstić information content (AvgIpc) is 1.55. The summed E-state index contributed by atoms with van der Waals surface area (Å²) in [6.45, 7) is 18.1. The van der Waals surface area contributed by atoms with Crippen molar-refractivity contribution in [1.82, 2.24) is 39.9 Å². The first-order valence-electron chi connectivity index (χ1n) is 39.8. The number of nitrogens with zero attached hydrogens (tertiary/aromatic N) is 6. The van der Waals surface area contributed by atoms with Gasteiger partial charge in [-0.15, -0.1) is 0 Å². The van der Waals surface area contributed by atoms with Crippen LogP contribution in [-0.2, 0) is 0 Å². The number of rotatable bonds is 32. The zero-order valence-corrected chi connectivity index (χ0v) is 73.5. The molecule has 0 saturated carbocycles. The summed E-state index contributed by atoms with van der Waals surface area (Å²) in [7, 11) is 0. The summed E-state index contributed by atoms with van der Waals surface area (Å²) < 4.78 is 58.4. The Morgan fingerprint density at radius 1 is 0.192 bits per heavy atom. The first kappa shape index (κ1) is 81.6. The minimum Gasteiger partial charge on any atom is -0.492 e. The fraction of sp³-hybridized carbons (Fsp3) is 0.167. The van der Waals surface area contributed by atoms with Crippen LogP contribution in [0.25, 0.3) is 89.7 Å². The maximum Gasteiger partial charge on any atom is 0.168 e. The second kappa shape index (κ2) is 37.9. The fourth-order valence-electron chi connectivity index (χ4n) is 14.2. The number of aromatic nitrogens is 8. The van der Waals surface area contributed by atoms with E-state index in [4.69, 9.17) is 67.8 Å². The Balaban J connectivity index is 1.14. The van der Waals surface area contributed by atoms with E-state index in [0.29, 0.717) is 112 Å². The van der Waals surface area contributed by atoms with Crippen molar-refractivity contribution < 1.29 is 37.9 Å². The van der Waals surface area contributed by atoms with Crippen LogP contribution in [0.4, 0.5) is 0 Å². The molecule has 0 radical (unpaired) electrons. The molecular weight excluding hydrogens is 1650 g/mol.